The molecule has 1 amide bonds. The van der Waals surface area contributed by atoms with Gasteiger partial charge in [0.25, 0.3) is 0 Å². The second-order valence-electron chi connectivity index (χ2n) is 4.71. The largest absolute Gasteiger partial charge is 0.318 e. The molecular formula is C15H12BrFN2O. The van der Waals surface area contributed by atoms with Crippen molar-refractivity contribution in [3.05, 3.63) is 64.4 Å². The van der Waals surface area contributed by atoms with Gasteiger partial charge in [0.15, 0.2) is 0 Å². The van der Waals surface area contributed by atoms with E-state index < -0.39 is 6.04 Å². The molecule has 102 valence electrons. The number of anilines is 1. The molecule has 1 aliphatic rings. The first-order chi connectivity index (χ1) is 9.58. The lowest BCUT2D eigenvalue weighted by molar-refractivity contribution is -0.126. The van der Waals surface area contributed by atoms with Gasteiger partial charge in [0.05, 0.1) is 6.04 Å². The number of carbonyl (C=O) groups excluding carboxylic acids is 1. The highest BCUT2D eigenvalue weighted by molar-refractivity contribution is 9.10. The molecule has 0 aliphatic carbocycles. The van der Waals surface area contributed by atoms with Crippen molar-refractivity contribution in [3.63, 3.8) is 0 Å². The first kappa shape index (κ1) is 13.3. The number of halogens is 2. The number of nitrogens with two attached hydrogens (primary N) is 1. The van der Waals surface area contributed by atoms with Crippen molar-refractivity contribution in [3.8, 4) is 0 Å². The minimum Gasteiger partial charge on any atom is -0.318 e. The van der Waals surface area contributed by atoms with Crippen LogP contribution in [0.4, 0.5) is 10.1 Å². The van der Waals surface area contributed by atoms with E-state index in [2.05, 4.69) is 15.9 Å². The summed E-state index contributed by atoms with van der Waals surface area (Å²) in [5, 5.41) is 0. The Balaban J connectivity index is 1.97. The van der Waals surface area contributed by atoms with Crippen LogP contribution in [0.5, 0.6) is 0 Å². The van der Waals surface area contributed by atoms with Gasteiger partial charge in [-0.2, -0.15) is 0 Å². The molecule has 3 nitrogen and oxygen atoms in total. The van der Waals surface area contributed by atoms with Crippen molar-refractivity contribution in [2.75, 3.05) is 4.90 Å². The Labute approximate surface area is 124 Å². The average molecular weight is 335 g/mol. The van der Waals surface area contributed by atoms with E-state index in [4.69, 9.17) is 5.73 Å². The van der Waals surface area contributed by atoms with Crippen molar-refractivity contribution < 1.29 is 9.18 Å². The van der Waals surface area contributed by atoms with Gasteiger partial charge in [0.2, 0.25) is 5.91 Å². The Morgan fingerprint density at radius 3 is 2.50 bits per heavy atom. The highest BCUT2D eigenvalue weighted by Crippen LogP contribution is 2.38. The molecule has 1 heterocycles. The molecule has 20 heavy (non-hydrogen) atoms. The molecule has 0 radical (unpaired) electrons. The van der Waals surface area contributed by atoms with E-state index in [1.54, 1.807) is 12.1 Å². The summed E-state index contributed by atoms with van der Waals surface area (Å²) in [6.45, 7) is 0. The van der Waals surface area contributed by atoms with Crippen LogP contribution in [0, 0.1) is 5.82 Å². The molecule has 5 heteroatoms. The highest BCUT2D eigenvalue weighted by atomic mass is 79.9. The maximum absolute atomic E-state index is 13.3. The summed E-state index contributed by atoms with van der Waals surface area (Å²) in [5.74, 6) is -0.561. The number of β-lactam (4-membered cyclic amide) rings is 1. The lowest BCUT2D eigenvalue weighted by Crippen LogP contribution is -2.63. The Morgan fingerprint density at radius 1 is 1.15 bits per heavy atom. The van der Waals surface area contributed by atoms with Crippen LogP contribution in [0.3, 0.4) is 0 Å². The van der Waals surface area contributed by atoms with Gasteiger partial charge in [-0.3, -0.25) is 4.79 Å². The van der Waals surface area contributed by atoms with Crippen molar-refractivity contribution in [2.45, 2.75) is 12.1 Å². The highest BCUT2D eigenvalue weighted by Gasteiger charge is 2.46. The third kappa shape index (κ3) is 2.13. The Kier molecular flexibility index (Phi) is 3.31. The average Bonchev–Trinajstić information content (AvgIpc) is 2.45. The first-order valence-electron chi connectivity index (χ1n) is 6.17. The number of hydrogen-bond donors (Lipinski definition) is 1. The maximum Gasteiger partial charge on any atom is 0.247 e. The van der Waals surface area contributed by atoms with Gasteiger partial charge in [0, 0.05) is 10.2 Å². The first-order valence-corrected chi connectivity index (χ1v) is 6.97. The number of rotatable bonds is 2. The van der Waals surface area contributed by atoms with E-state index >= 15 is 0 Å². The third-order valence-electron chi connectivity index (χ3n) is 3.44. The minimum atomic E-state index is -0.584. The predicted molar refractivity (Wildman–Crippen MR) is 78.7 cm³/mol. The standard InChI is InChI=1S/C15H12BrFN2O/c16-10-6-4-9(5-7-10)14-13(18)15(20)19(14)12-3-1-2-11(17)8-12/h1-8,13-14H,18H2/t13-,14+/m1/s1. The van der Waals surface area contributed by atoms with Crippen LogP contribution in [0.25, 0.3) is 0 Å². The van der Waals surface area contributed by atoms with E-state index in [-0.39, 0.29) is 17.8 Å². The summed E-state index contributed by atoms with van der Waals surface area (Å²) >= 11 is 3.37. The second kappa shape index (κ2) is 5.00. The molecule has 0 unspecified atom stereocenters. The Morgan fingerprint density at radius 2 is 1.85 bits per heavy atom. The van der Waals surface area contributed by atoms with Crippen LogP contribution in [0.15, 0.2) is 53.0 Å². The molecule has 2 aromatic rings. The summed E-state index contributed by atoms with van der Waals surface area (Å²) in [6.07, 6.45) is 0. The predicted octanol–water partition coefficient (Wildman–Crippen LogP) is 3.00. The fraction of sp³-hybridized carbons (Fsp3) is 0.133. The molecule has 2 N–H and O–H groups in total. The Bertz CT molecular complexity index is 659. The number of hydrogen-bond acceptors (Lipinski definition) is 2. The monoisotopic (exact) mass is 334 g/mol. The van der Waals surface area contributed by atoms with Crippen LogP contribution in [0.2, 0.25) is 0 Å². The van der Waals surface area contributed by atoms with Crippen molar-refractivity contribution >= 4 is 27.5 Å². The topological polar surface area (TPSA) is 46.3 Å². The van der Waals surface area contributed by atoms with E-state index in [1.165, 1.54) is 17.0 Å². The SMILES string of the molecule is N[C@H]1C(=O)N(c2cccc(F)c2)[C@H]1c1ccc(Br)cc1. The van der Waals surface area contributed by atoms with Crippen LogP contribution in [-0.4, -0.2) is 11.9 Å². The molecule has 2 atom stereocenters. The molecule has 0 aromatic heterocycles. The number of carbonyl (C=O) groups is 1. The number of amides is 1. The lowest BCUT2D eigenvalue weighted by Gasteiger charge is -2.45. The van der Waals surface area contributed by atoms with Crippen molar-refractivity contribution in [2.24, 2.45) is 5.73 Å². The van der Waals surface area contributed by atoms with Gasteiger partial charge in [-0.25, -0.2) is 4.39 Å². The van der Waals surface area contributed by atoms with Gasteiger partial charge in [0.1, 0.15) is 11.9 Å². The lowest BCUT2D eigenvalue weighted by atomic mass is 9.88. The van der Waals surface area contributed by atoms with E-state index in [9.17, 15) is 9.18 Å². The van der Waals surface area contributed by atoms with Crippen molar-refractivity contribution in [1.29, 1.82) is 0 Å². The minimum absolute atomic E-state index is 0.191. The summed E-state index contributed by atoms with van der Waals surface area (Å²) in [4.78, 5) is 13.5. The Hall–Kier alpha value is -1.72. The van der Waals surface area contributed by atoms with Gasteiger partial charge < -0.3 is 10.6 Å². The number of benzene rings is 2. The zero-order chi connectivity index (χ0) is 14.3. The van der Waals surface area contributed by atoms with Crippen LogP contribution < -0.4 is 10.6 Å². The zero-order valence-electron chi connectivity index (χ0n) is 10.5. The quantitative estimate of drug-likeness (QED) is 0.858. The molecule has 0 bridgehead atoms. The van der Waals surface area contributed by atoms with Crippen LogP contribution >= 0.6 is 15.9 Å². The molecule has 1 fully saturated rings. The van der Waals surface area contributed by atoms with Crippen LogP contribution in [-0.2, 0) is 4.79 Å². The zero-order valence-corrected chi connectivity index (χ0v) is 12.0. The summed E-state index contributed by atoms with van der Waals surface area (Å²) < 4.78 is 14.3. The fourth-order valence-electron chi connectivity index (χ4n) is 2.44. The summed E-state index contributed by atoms with van der Waals surface area (Å²) in [6, 6.07) is 12.8. The summed E-state index contributed by atoms with van der Waals surface area (Å²) in [5.41, 5.74) is 7.37. The maximum atomic E-state index is 13.3. The van der Waals surface area contributed by atoms with E-state index in [0.717, 1.165) is 10.0 Å². The van der Waals surface area contributed by atoms with Crippen molar-refractivity contribution in [1.82, 2.24) is 0 Å². The van der Waals surface area contributed by atoms with Gasteiger partial charge in [-0.05, 0) is 35.9 Å². The molecule has 2 aromatic carbocycles. The van der Waals surface area contributed by atoms with Gasteiger partial charge in [-0.15, -0.1) is 0 Å². The van der Waals surface area contributed by atoms with Crippen LogP contribution in [0.1, 0.15) is 11.6 Å². The molecule has 0 spiro atoms. The van der Waals surface area contributed by atoms with Gasteiger partial charge >= 0.3 is 0 Å². The fourth-order valence-corrected chi connectivity index (χ4v) is 2.71. The molecule has 0 saturated carbocycles. The smallest absolute Gasteiger partial charge is 0.247 e. The molecule has 3 rings (SSSR count). The normalized spacial score (nSPS) is 21.8. The molecule has 1 aliphatic heterocycles. The van der Waals surface area contributed by atoms with E-state index in [0.29, 0.717) is 5.69 Å². The number of nitrogens with zero attached hydrogens (tertiary/aromatic N) is 1. The molecule has 1 saturated heterocycles. The van der Waals surface area contributed by atoms with E-state index in [1.807, 2.05) is 24.3 Å². The van der Waals surface area contributed by atoms with Gasteiger partial charge in [-0.1, -0.05) is 34.1 Å². The summed E-state index contributed by atoms with van der Waals surface area (Å²) in [7, 11) is 0. The molecular weight excluding hydrogens is 323 g/mol. The third-order valence-corrected chi connectivity index (χ3v) is 3.97. The second-order valence-corrected chi connectivity index (χ2v) is 5.63.